The molecule has 0 aliphatic rings. The van der Waals surface area contributed by atoms with Crippen LogP contribution in [0, 0.1) is 23.0 Å². The van der Waals surface area contributed by atoms with E-state index in [0.717, 1.165) is 5.56 Å². The number of hydrogen-bond acceptors (Lipinski definition) is 2. The molecule has 2 rings (SSSR count). The average molecular weight is 285 g/mol. The minimum Gasteiger partial charge on any atom is -0.466 e. The molecule has 0 N–H and O–H groups in total. The highest BCUT2D eigenvalue weighted by atomic mass is 19.1. The first-order valence-corrected chi connectivity index (χ1v) is 6.38. The summed E-state index contributed by atoms with van der Waals surface area (Å²) in [4.78, 5) is 0. The number of rotatable bonds is 5. The number of nitriles is 1. The molecule has 0 unspecified atom stereocenters. The van der Waals surface area contributed by atoms with Gasteiger partial charge in [-0.1, -0.05) is 18.7 Å². The third-order valence-electron chi connectivity index (χ3n) is 3.06. The highest BCUT2D eigenvalue weighted by Crippen LogP contribution is 2.17. The summed E-state index contributed by atoms with van der Waals surface area (Å²) in [5, 5.41) is 8.62. The summed E-state index contributed by atoms with van der Waals surface area (Å²) >= 11 is 0. The second-order valence-electron chi connectivity index (χ2n) is 4.47. The molecule has 2 aromatic carbocycles. The SMILES string of the molecule is C=COc1ccc(CCc2cc(F)c(C#N)c(F)c2)cc1. The van der Waals surface area contributed by atoms with Crippen molar-refractivity contribution in [2.24, 2.45) is 0 Å². The lowest BCUT2D eigenvalue weighted by atomic mass is 10.0. The molecule has 0 saturated heterocycles. The first-order chi connectivity index (χ1) is 10.1. The van der Waals surface area contributed by atoms with Gasteiger partial charge in [-0.05, 0) is 48.2 Å². The van der Waals surface area contributed by atoms with E-state index in [0.29, 0.717) is 24.2 Å². The van der Waals surface area contributed by atoms with Gasteiger partial charge in [-0.15, -0.1) is 0 Å². The fourth-order valence-corrected chi connectivity index (χ4v) is 2.00. The van der Waals surface area contributed by atoms with Crippen LogP contribution in [0.5, 0.6) is 5.75 Å². The number of benzene rings is 2. The van der Waals surface area contributed by atoms with Crippen molar-refractivity contribution in [2.45, 2.75) is 12.8 Å². The smallest absolute Gasteiger partial charge is 0.144 e. The molecule has 0 aromatic heterocycles. The summed E-state index contributed by atoms with van der Waals surface area (Å²) in [6.45, 7) is 3.47. The van der Waals surface area contributed by atoms with Gasteiger partial charge in [0.1, 0.15) is 29.0 Å². The highest BCUT2D eigenvalue weighted by molar-refractivity contribution is 5.36. The van der Waals surface area contributed by atoms with Crippen molar-refractivity contribution in [3.63, 3.8) is 0 Å². The second kappa shape index (κ2) is 6.67. The molecule has 0 aliphatic heterocycles. The fourth-order valence-electron chi connectivity index (χ4n) is 2.00. The topological polar surface area (TPSA) is 33.0 Å². The van der Waals surface area contributed by atoms with Crippen LogP contribution in [0.4, 0.5) is 8.78 Å². The van der Waals surface area contributed by atoms with E-state index in [1.807, 2.05) is 12.1 Å². The van der Waals surface area contributed by atoms with Crippen molar-refractivity contribution >= 4 is 0 Å². The van der Waals surface area contributed by atoms with Crippen molar-refractivity contribution in [2.75, 3.05) is 0 Å². The van der Waals surface area contributed by atoms with Crippen molar-refractivity contribution < 1.29 is 13.5 Å². The lowest BCUT2D eigenvalue weighted by Crippen LogP contribution is -1.97. The average Bonchev–Trinajstić information content (AvgIpc) is 2.47. The largest absolute Gasteiger partial charge is 0.466 e. The molecule has 0 radical (unpaired) electrons. The maximum absolute atomic E-state index is 13.5. The molecule has 0 aliphatic carbocycles. The Labute approximate surface area is 121 Å². The van der Waals surface area contributed by atoms with Crippen LogP contribution in [0.2, 0.25) is 0 Å². The monoisotopic (exact) mass is 285 g/mol. The van der Waals surface area contributed by atoms with E-state index >= 15 is 0 Å². The zero-order chi connectivity index (χ0) is 15.2. The number of nitrogens with zero attached hydrogens (tertiary/aromatic N) is 1. The molecule has 0 amide bonds. The zero-order valence-electron chi connectivity index (χ0n) is 11.3. The predicted octanol–water partition coefficient (Wildman–Crippen LogP) is 4.14. The van der Waals surface area contributed by atoms with Crippen LogP contribution in [0.15, 0.2) is 49.2 Å². The van der Waals surface area contributed by atoms with Gasteiger partial charge in [0, 0.05) is 0 Å². The summed E-state index contributed by atoms with van der Waals surface area (Å²) in [5.41, 5.74) is 1.01. The number of hydrogen-bond donors (Lipinski definition) is 0. The Kier molecular flexibility index (Phi) is 4.68. The highest BCUT2D eigenvalue weighted by Gasteiger charge is 2.10. The van der Waals surface area contributed by atoms with Gasteiger partial charge in [0.05, 0.1) is 6.26 Å². The van der Waals surface area contributed by atoms with Gasteiger partial charge >= 0.3 is 0 Å². The molecule has 0 bridgehead atoms. The predicted molar refractivity (Wildman–Crippen MR) is 75.7 cm³/mol. The molecular formula is C17H13F2NO. The van der Waals surface area contributed by atoms with Gasteiger partial charge in [0.15, 0.2) is 0 Å². The minimum absolute atomic E-state index is 0.487. The molecule has 21 heavy (non-hydrogen) atoms. The van der Waals surface area contributed by atoms with E-state index in [2.05, 4.69) is 6.58 Å². The molecule has 0 heterocycles. The standard InChI is InChI=1S/C17H13F2NO/c1-2-21-14-7-5-12(6-8-14)3-4-13-9-16(18)15(11-20)17(19)10-13/h2,5-10H,1,3-4H2. The lowest BCUT2D eigenvalue weighted by Gasteiger charge is -2.05. The van der Waals surface area contributed by atoms with E-state index in [9.17, 15) is 8.78 Å². The van der Waals surface area contributed by atoms with Gasteiger partial charge < -0.3 is 4.74 Å². The van der Waals surface area contributed by atoms with Gasteiger partial charge in [-0.2, -0.15) is 5.26 Å². The third kappa shape index (κ3) is 3.67. The Morgan fingerprint density at radius 3 is 2.14 bits per heavy atom. The van der Waals surface area contributed by atoms with Crippen LogP contribution in [0.25, 0.3) is 0 Å². The summed E-state index contributed by atoms with van der Waals surface area (Å²) < 4.78 is 32.1. The Morgan fingerprint density at radius 2 is 1.62 bits per heavy atom. The van der Waals surface area contributed by atoms with Crippen LogP contribution in [-0.4, -0.2) is 0 Å². The Balaban J connectivity index is 2.06. The van der Waals surface area contributed by atoms with Gasteiger partial charge in [-0.25, -0.2) is 8.78 Å². The summed E-state index contributed by atoms with van der Waals surface area (Å²) in [6, 6.07) is 11.3. The van der Waals surface area contributed by atoms with Crippen molar-refractivity contribution in [3.8, 4) is 11.8 Å². The van der Waals surface area contributed by atoms with Gasteiger partial charge in [0.25, 0.3) is 0 Å². The van der Waals surface area contributed by atoms with Crippen molar-refractivity contribution in [1.82, 2.24) is 0 Å². The zero-order valence-corrected chi connectivity index (χ0v) is 11.3. The molecule has 0 atom stereocenters. The molecular weight excluding hydrogens is 272 g/mol. The van der Waals surface area contributed by atoms with Crippen LogP contribution in [0.3, 0.4) is 0 Å². The van der Waals surface area contributed by atoms with Gasteiger partial charge in [-0.3, -0.25) is 0 Å². The van der Waals surface area contributed by atoms with Crippen LogP contribution in [0.1, 0.15) is 16.7 Å². The Bertz CT molecular complexity index is 664. The molecule has 2 aromatic rings. The first-order valence-electron chi connectivity index (χ1n) is 6.38. The Morgan fingerprint density at radius 1 is 1.05 bits per heavy atom. The third-order valence-corrected chi connectivity index (χ3v) is 3.06. The quantitative estimate of drug-likeness (QED) is 0.773. The maximum Gasteiger partial charge on any atom is 0.144 e. The van der Waals surface area contributed by atoms with Crippen molar-refractivity contribution in [1.29, 1.82) is 5.26 Å². The molecule has 106 valence electrons. The van der Waals surface area contributed by atoms with Crippen LogP contribution in [-0.2, 0) is 12.8 Å². The summed E-state index contributed by atoms with van der Waals surface area (Å²) in [7, 11) is 0. The summed E-state index contributed by atoms with van der Waals surface area (Å²) in [6.07, 6.45) is 2.47. The van der Waals surface area contributed by atoms with Crippen molar-refractivity contribution in [3.05, 3.63) is 77.6 Å². The van der Waals surface area contributed by atoms with Crippen LogP contribution < -0.4 is 4.74 Å². The molecule has 0 saturated carbocycles. The number of aryl methyl sites for hydroxylation is 2. The molecule has 2 nitrogen and oxygen atoms in total. The molecule has 0 fully saturated rings. The number of halogens is 2. The van der Waals surface area contributed by atoms with Gasteiger partial charge in [0.2, 0.25) is 0 Å². The lowest BCUT2D eigenvalue weighted by molar-refractivity contribution is 0.483. The minimum atomic E-state index is -0.817. The van der Waals surface area contributed by atoms with E-state index in [4.69, 9.17) is 10.00 Å². The van der Waals surface area contributed by atoms with E-state index in [1.54, 1.807) is 12.1 Å². The second-order valence-corrected chi connectivity index (χ2v) is 4.47. The fraction of sp³-hybridized carbons (Fsp3) is 0.118. The van der Waals surface area contributed by atoms with Crippen LogP contribution >= 0.6 is 0 Å². The molecule has 4 heteroatoms. The number of ether oxygens (including phenoxy) is 1. The normalized spacial score (nSPS) is 9.95. The Hall–Kier alpha value is -2.67. The van der Waals surface area contributed by atoms with E-state index in [1.165, 1.54) is 24.5 Å². The van der Waals surface area contributed by atoms with E-state index in [-0.39, 0.29) is 0 Å². The first kappa shape index (κ1) is 14.7. The summed E-state index contributed by atoms with van der Waals surface area (Å²) in [5.74, 6) is -0.950. The van der Waals surface area contributed by atoms with E-state index < -0.39 is 17.2 Å². The maximum atomic E-state index is 13.5. The molecule has 0 spiro atoms.